The predicted octanol–water partition coefficient (Wildman–Crippen LogP) is 15.1. The molecule has 3 atom stereocenters. The summed E-state index contributed by atoms with van der Waals surface area (Å²) in [6, 6.07) is 54.7. The van der Waals surface area contributed by atoms with Gasteiger partial charge in [0.1, 0.15) is 11.5 Å². The van der Waals surface area contributed by atoms with Crippen molar-refractivity contribution < 1.29 is 4.74 Å². The molecule has 0 aromatic heterocycles. The molecule has 0 N–H and O–H groups in total. The van der Waals surface area contributed by atoms with Crippen molar-refractivity contribution in [2.45, 2.75) is 65.0 Å². The van der Waals surface area contributed by atoms with Crippen LogP contribution in [0.5, 0.6) is 11.5 Å². The molecule has 0 saturated heterocycles. The summed E-state index contributed by atoms with van der Waals surface area (Å²) < 4.78 is 6.93. The van der Waals surface area contributed by atoms with Crippen molar-refractivity contribution in [1.29, 1.82) is 0 Å². The highest BCUT2D eigenvalue weighted by Crippen LogP contribution is 2.67. The molecule has 3 nitrogen and oxygen atoms in total. The normalized spacial score (nSPS) is 20.9. The van der Waals surface area contributed by atoms with Gasteiger partial charge >= 0.3 is 0 Å². The highest BCUT2D eigenvalue weighted by molar-refractivity contribution is 6.89. The number of benzene rings is 6. The molecule has 6 aromatic carbocycles. The Morgan fingerprint density at radius 2 is 1.14 bits per heavy atom. The standard InChI is InChI=1S/C61H60N2OSi2/c1-42-25-27-45(28-26-42)63(46-31-36-49(37-32-46)66(6,7)8)58-41-55-59(53-22-16-17-39-60(53,58)2)50-38-33-47(62(43-18-10-9-11-19-43)44-29-34-48(35-30-44)65(3,4)5)40-54(50)61(55)51-20-12-14-23-56(51)64-57-24-15-13-21-52(57)61/h9-25,27-42,53H,26H2,1-8H3. The summed E-state index contributed by atoms with van der Waals surface area (Å²) in [4.78, 5) is 5.04. The molecule has 3 unspecified atom stereocenters. The van der Waals surface area contributed by atoms with E-state index < -0.39 is 21.6 Å². The SMILES string of the molecule is CC1C=CC(N(C2=CC3=C(c4ccc(N(c5ccccc5)c5ccc([Si](C)(C)C)cc5)cc4C34c3ccccc3Oc3ccccc34)C3C=CC=CC23C)c2ccc([Si](C)(C)C)cc2)=CC1. The molecule has 11 rings (SSSR count). The fraction of sp³-hybridized carbons (Fsp3) is 0.213. The van der Waals surface area contributed by atoms with Crippen LogP contribution >= 0.6 is 0 Å². The third kappa shape index (κ3) is 6.65. The van der Waals surface area contributed by atoms with Crippen molar-refractivity contribution in [3.8, 4) is 11.5 Å². The fourth-order valence-corrected chi connectivity index (χ4v) is 13.7. The number of rotatable bonds is 8. The van der Waals surface area contributed by atoms with E-state index in [1.54, 1.807) is 0 Å². The first-order valence-corrected chi connectivity index (χ1v) is 30.9. The first kappa shape index (κ1) is 42.2. The first-order chi connectivity index (χ1) is 31.8. The van der Waals surface area contributed by atoms with Gasteiger partial charge in [0.25, 0.3) is 0 Å². The number of hydrogen-bond acceptors (Lipinski definition) is 3. The topological polar surface area (TPSA) is 15.7 Å². The van der Waals surface area contributed by atoms with E-state index in [0.29, 0.717) is 5.92 Å². The Labute approximate surface area is 394 Å². The van der Waals surface area contributed by atoms with Crippen LogP contribution in [-0.4, -0.2) is 16.1 Å². The molecule has 0 saturated carbocycles. The molecule has 0 amide bonds. The number of fused-ring (bicyclic) bond motifs is 10. The minimum absolute atomic E-state index is 0.0545. The summed E-state index contributed by atoms with van der Waals surface area (Å²) >= 11 is 0. The summed E-state index contributed by atoms with van der Waals surface area (Å²) in [6.45, 7) is 19.4. The van der Waals surface area contributed by atoms with Crippen LogP contribution in [0.15, 0.2) is 211 Å². The van der Waals surface area contributed by atoms with Gasteiger partial charge in [0.2, 0.25) is 0 Å². The molecule has 1 aliphatic heterocycles. The number of nitrogens with zero attached hydrogens (tertiary/aromatic N) is 2. The quantitative estimate of drug-likeness (QED) is 0.142. The van der Waals surface area contributed by atoms with E-state index in [2.05, 4.69) is 257 Å². The minimum atomic E-state index is -1.54. The van der Waals surface area contributed by atoms with Crippen LogP contribution in [0.25, 0.3) is 5.57 Å². The van der Waals surface area contributed by atoms with Crippen LogP contribution < -0.4 is 24.9 Å². The summed E-state index contributed by atoms with van der Waals surface area (Å²) in [5, 5.41) is 2.92. The Balaban J connectivity index is 1.21. The predicted molar refractivity (Wildman–Crippen MR) is 285 cm³/mol. The van der Waals surface area contributed by atoms with Crippen LogP contribution in [0.2, 0.25) is 39.3 Å². The Hall–Kier alpha value is -6.41. The van der Waals surface area contributed by atoms with Crippen molar-refractivity contribution >= 4 is 54.8 Å². The van der Waals surface area contributed by atoms with Crippen LogP contribution in [0.4, 0.5) is 22.7 Å². The molecule has 0 bridgehead atoms. The Morgan fingerprint density at radius 3 is 1.73 bits per heavy atom. The number of para-hydroxylation sites is 3. The van der Waals surface area contributed by atoms with Crippen molar-refractivity contribution in [3.63, 3.8) is 0 Å². The highest BCUT2D eigenvalue weighted by Gasteiger charge is 2.57. The molecule has 1 spiro atoms. The lowest BCUT2D eigenvalue weighted by Crippen LogP contribution is -2.42. The molecule has 0 fully saturated rings. The third-order valence-electron chi connectivity index (χ3n) is 14.9. The molecular formula is C61H60N2OSi2. The molecule has 4 aliphatic carbocycles. The average molecular weight is 893 g/mol. The Bertz CT molecular complexity index is 3040. The fourth-order valence-electron chi connectivity index (χ4n) is 11.3. The number of anilines is 4. The molecule has 1 heterocycles. The van der Waals surface area contributed by atoms with E-state index in [4.69, 9.17) is 4.74 Å². The second-order valence-corrected chi connectivity index (χ2v) is 31.4. The molecular weight excluding hydrogens is 833 g/mol. The van der Waals surface area contributed by atoms with E-state index in [0.717, 1.165) is 35.0 Å². The van der Waals surface area contributed by atoms with Gasteiger partial charge in [-0.1, -0.05) is 178 Å². The van der Waals surface area contributed by atoms with Gasteiger partial charge in [0.05, 0.1) is 21.6 Å². The zero-order chi connectivity index (χ0) is 45.6. The van der Waals surface area contributed by atoms with E-state index in [-0.39, 0.29) is 11.3 Å². The van der Waals surface area contributed by atoms with Gasteiger partial charge in [-0.25, -0.2) is 0 Å². The van der Waals surface area contributed by atoms with Crippen molar-refractivity contribution in [3.05, 3.63) is 233 Å². The number of hydrogen-bond donors (Lipinski definition) is 0. The van der Waals surface area contributed by atoms with Gasteiger partial charge in [-0.15, -0.1) is 0 Å². The van der Waals surface area contributed by atoms with Crippen LogP contribution in [0, 0.1) is 17.3 Å². The van der Waals surface area contributed by atoms with Crippen LogP contribution in [0.1, 0.15) is 42.5 Å². The van der Waals surface area contributed by atoms with Gasteiger partial charge in [-0.2, -0.15) is 0 Å². The second-order valence-electron chi connectivity index (χ2n) is 21.2. The summed E-state index contributed by atoms with van der Waals surface area (Å²) in [5.41, 5.74) is 13.7. The molecule has 6 aromatic rings. The molecule has 0 radical (unpaired) electrons. The maximum absolute atomic E-state index is 6.93. The second kappa shape index (κ2) is 15.6. The maximum Gasteiger partial charge on any atom is 0.132 e. The van der Waals surface area contributed by atoms with Crippen LogP contribution in [0.3, 0.4) is 0 Å². The van der Waals surface area contributed by atoms with E-state index >= 15 is 0 Å². The van der Waals surface area contributed by atoms with Crippen molar-refractivity contribution in [2.24, 2.45) is 17.3 Å². The largest absolute Gasteiger partial charge is 0.457 e. The van der Waals surface area contributed by atoms with Crippen molar-refractivity contribution in [1.82, 2.24) is 0 Å². The van der Waals surface area contributed by atoms with E-state index in [1.165, 1.54) is 60.9 Å². The molecule has 5 heteroatoms. The molecule has 5 aliphatic rings. The number of ether oxygens (including phenoxy) is 1. The highest BCUT2D eigenvalue weighted by atomic mass is 28.3. The third-order valence-corrected chi connectivity index (χ3v) is 19.0. The van der Waals surface area contributed by atoms with E-state index in [9.17, 15) is 0 Å². The Morgan fingerprint density at radius 1 is 0.576 bits per heavy atom. The van der Waals surface area contributed by atoms with Crippen molar-refractivity contribution in [2.75, 3.05) is 9.80 Å². The molecule has 328 valence electrons. The summed E-state index contributed by atoms with van der Waals surface area (Å²) in [6.07, 6.45) is 20.3. The van der Waals surface area contributed by atoms with Gasteiger partial charge in [0, 0.05) is 56.6 Å². The lowest BCUT2D eigenvalue weighted by Gasteiger charge is -2.48. The van der Waals surface area contributed by atoms with Gasteiger partial charge in [-0.3, -0.25) is 0 Å². The lowest BCUT2D eigenvalue weighted by molar-refractivity contribution is 0.415. The Kier molecular flexibility index (Phi) is 9.99. The van der Waals surface area contributed by atoms with Gasteiger partial charge < -0.3 is 14.5 Å². The smallest absolute Gasteiger partial charge is 0.132 e. The lowest BCUT2D eigenvalue weighted by atomic mass is 9.60. The maximum atomic E-state index is 6.93. The zero-order valence-electron chi connectivity index (χ0n) is 39.6. The van der Waals surface area contributed by atoms with E-state index in [1.807, 2.05) is 0 Å². The number of allylic oxidation sites excluding steroid dienone is 10. The monoisotopic (exact) mass is 892 g/mol. The average Bonchev–Trinajstić information content (AvgIpc) is 3.59. The first-order valence-electron chi connectivity index (χ1n) is 23.9. The minimum Gasteiger partial charge on any atom is -0.457 e. The molecule has 66 heavy (non-hydrogen) atoms. The van der Waals surface area contributed by atoms with Crippen LogP contribution in [-0.2, 0) is 5.41 Å². The van der Waals surface area contributed by atoms with Gasteiger partial charge in [-0.05, 0) is 114 Å². The zero-order valence-corrected chi connectivity index (χ0v) is 41.6. The summed E-state index contributed by atoms with van der Waals surface area (Å²) in [7, 11) is -3.06. The van der Waals surface area contributed by atoms with Gasteiger partial charge in [0.15, 0.2) is 0 Å². The summed E-state index contributed by atoms with van der Waals surface area (Å²) in [5.74, 6) is 2.34.